The molecule has 0 spiro atoms. The lowest BCUT2D eigenvalue weighted by Crippen LogP contribution is -2.33. The molecule has 7 nitrogen and oxygen atoms in total. The lowest BCUT2D eigenvalue weighted by molar-refractivity contribution is -0.117. The SMILES string of the molecule is O=C(OCCN1C(=O)c2ccccc2C1=O)c1ccccc1N1CCCC1=O. The smallest absolute Gasteiger partial charge is 0.340 e. The fraction of sp³-hybridized carbons (Fsp3) is 0.238. The summed E-state index contributed by atoms with van der Waals surface area (Å²) in [6.07, 6.45) is 1.21. The maximum Gasteiger partial charge on any atom is 0.340 e. The van der Waals surface area contributed by atoms with Gasteiger partial charge in [0, 0.05) is 13.0 Å². The summed E-state index contributed by atoms with van der Waals surface area (Å²) in [6.45, 7) is 0.424. The quantitative estimate of drug-likeness (QED) is 0.589. The predicted molar refractivity (Wildman–Crippen MR) is 100 cm³/mol. The Morgan fingerprint density at radius 3 is 2.21 bits per heavy atom. The number of esters is 1. The van der Waals surface area contributed by atoms with Crippen LogP contribution in [0, 0.1) is 0 Å². The highest BCUT2D eigenvalue weighted by Gasteiger charge is 2.35. The van der Waals surface area contributed by atoms with Gasteiger partial charge in [-0.1, -0.05) is 24.3 Å². The first-order valence-electron chi connectivity index (χ1n) is 9.09. The number of para-hydroxylation sites is 1. The van der Waals surface area contributed by atoms with Crippen LogP contribution in [0.5, 0.6) is 0 Å². The third-order valence-electron chi connectivity index (χ3n) is 4.91. The van der Waals surface area contributed by atoms with Crippen LogP contribution < -0.4 is 4.90 Å². The minimum Gasteiger partial charge on any atom is -0.460 e. The number of hydrogen-bond acceptors (Lipinski definition) is 5. The Labute approximate surface area is 161 Å². The van der Waals surface area contributed by atoms with Crippen LogP contribution in [-0.4, -0.2) is 48.3 Å². The fourth-order valence-corrected chi connectivity index (χ4v) is 3.53. The highest BCUT2D eigenvalue weighted by molar-refractivity contribution is 6.21. The third kappa shape index (κ3) is 3.05. The van der Waals surface area contributed by atoms with Gasteiger partial charge >= 0.3 is 5.97 Å². The number of rotatable bonds is 5. The summed E-state index contributed by atoms with van der Waals surface area (Å²) in [5.74, 6) is -1.39. The highest BCUT2D eigenvalue weighted by Crippen LogP contribution is 2.26. The summed E-state index contributed by atoms with van der Waals surface area (Å²) in [4.78, 5) is 51.9. The highest BCUT2D eigenvalue weighted by atomic mass is 16.5. The molecule has 3 amide bonds. The molecule has 2 aliphatic heterocycles. The van der Waals surface area contributed by atoms with E-state index in [-0.39, 0.29) is 30.9 Å². The molecule has 2 aliphatic rings. The molecule has 0 saturated carbocycles. The van der Waals surface area contributed by atoms with Crippen LogP contribution >= 0.6 is 0 Å². The number of anilines is 1. The Morgan fingerprint density at radius 2 is 1.57 bits per heavy atom. The molecule has 0 aliphatic carbocycles. The van der Waals surface area contributed by atoms with E-state index in [2.05, 4.69) is 0 Å². The zero-order valence-electron chi connectivity index (χ0n) is 15.1. The number of carbonyl (C=O) groups excluding carboxylic acids is 4. The first-order chi connectivity index (χ1) is 13.6. The summed E-state index contributed by atoms with van der Waals surface area (Å²) < 4.78 is 5.30. The molecule has 0 bridgehead atoms. The van der Waals surface area contributed by atoms with Crippen molar-refractivity contribution in [2.24, 2.45) is 0 Å². The average molecular weight is 378 g/mol. The van der Waals surface area contributed by atoms with Gasteiger partial charge in [0.05, 0.1) is 28.9 Å². The van der Waals surface area contributed by atoms with Gasteiger partial charge in [0.25, 0.3) is 11.8 Å². The van der Waals surface area contributed by atoms with Crippen molar-refractivity contribution in [1.82, 2.24) is 4.90 Å². The largest absolute Gasteiger partial charge is 0.460 e. The molecular weight excluding hydrogens is 360 g/mol. The standard InChI is InChI=1S/C21H18N2O5/c24-18-10-5-11-22(18)17-9-4-3-8-16(17)21(27)28-13-12-23-19(25)14-6-1-2-7-15(14)20(23)26/h1-4,6-9H,5,10-13H2. The van der Waals surface area contributed by atoms with Crippen LogP contribution in [0.3, 0.4) is 0 Å². The average Bonchev–Trinajstić information content (AvgIpc) is 3.25. The number of hydrogen-bond donors (Lipinski definition) is 0. The number of amides is 3. The van der Waals surface area contributed by atoms with Crippen molar-refractivity contribution >= 4 is 29.4 Å². The lowest BCUT2D eigenvalue weighted by atomic mass is 10.1. The van der Waals surface area contributed by atoms with Crippen molar-refractivity contribution in [3.05, 3.63) is 65.2 Å². The molecule has 28 heavy (non-hydrogen) atoms. The van der Waals surface area contributed by atoms with E-state index in [1.807, 2.05) is 0 Å². The Kier molecular flexibility index (Phi) is 4.65. The summed E-state index contributed by atoms with van der Waals surface area (Å²) >= 11 is 0. The maximum absolute atomic E-state index is 12.5. The van der Waals surface area contributed by atoms with Gasteiger partial charge in [0.15, 0.2) is 0 Å². The normalized spacial score (nSPS) is 15.9. The van der Waals surface area contributed by atoms with Crippen LogP contribution in [0.4, 0.5) is 5.69 Å². The van der Waals surface area contributed by atoms with E-state index >= 15 is 0 Å². The maximum atomic E-state index is 12.5. The molecule has 2 aromatic carbocycles. The van der Waals surface area contributed by atoms with Gasteiger partial charge in [-0.2, -0.15) is 0 Å². The van der Waals surface area contributed by atoms with E-state index in [0.29, 0.717) is 35.3 Å². The van der Waals surface area contributed by atoms with Gasteiger partial charge in [0.1, 0.15) is 6.61 Å². The molecule has 2 heterocycles. The lowest BCUT2D eigenvalue weighted by Gasteiger charge is -2.19. The molecule has 0 atom stereocenters. The van der Waals surface area contributed by atoms with Crippen LogP contribution in [-0.2, 0) is 9.53 Å². The Bertz CT molecular complexity index is 949. The number of nitrogens with zero attached hydrogens (tertiary/aromatic N) is 2. The minimum atomic E-state index is -0.591. The second-order valence-corrected chi connectivity index (χ2v) is 6.61. The first kappa shape index (κ1) is 17.9. The number of ether oxygens (including phenoxy) is 1. The zero-order valence-corrected chi connectivity index (χ0v) is 15.1. The van der Waals surface area contributed by atoms with Crippen molar-refractivity contribution in [3.8, 4) is 0 Å². The third-order valence-corrected chi connectivity index (χ3v) is 4.91. The fourth-order valence-electron chi connectivity index (χ4n) is 3.53. The number of fused-ring (bicyclic) bond motifs is 1. The van der Waals surface area contributed by atoms with Crippen LogP contribution in [0.25, 0.3) is 0 Å². The van der Waals surface area contributed by atoms with E-state index < -0.39 is 5.97 Å². The second kappa shape index (κ2) is 7.26. The summed E-state index contributed by atoms with van der Waals surface area (Å²) in [5.41, 5.74) is 1.53. The van der Waals surface area contributed by atoms with Gasteiger partial charge < -0.3 is 9.64 Å². The van der Waals surface area contributed by atoms with Gasteiger partial charge in [-0.25, -0.2) is 4.79 Å². The van der Waals surface area contributed by atoms with E-state index in [0.717, 1.165) is 11.3 Å². The molecule has 142 valence electrons. The van der Waals surface area contributed by atoms with Crippen molar-refractivity contribution < 1.29 is 23.9 Å². The van der Waals surface area contributed by atoms with Gasteiger partial charge in [-0.15, -0.1) is 0 Å². The molecule has 7 heteroatoms. The monoisotopic (exact) mass is 378 g/mol. The van der Waals surface area contributed by atoms with Crippen molar-refractivity contribution in [2.75, 3.05) is 24.6 Å². The molecule has 0 radical (unpaired) electrons. The number of benzene rings is 2. The van der Waals surface area contributed by atoms with Crippen molar-refractivity contribution in [3.63, 3.8) is 0 Å². The summed E-state index contributed by atoms with van der Waals surface area (Å²) in [5, 5.41) is 0. The van der Waals surface area contributed by atoms with Gasteiger partial charge in [0.2, 0.25) is 5.91 Å². The van der Waals surface area contributed by atoms with Gasteiger partial charge in [-0.05, 0) is 30.7 Å². The summed E-state index contributed by atoms with van der Waals surface area (Å²) in [6, 6.07) is 13.4. The molecule has 0 N–H and O–H groups in total. The summed E-state index contributed by atoms with van der Waals surface area (Å²) in [7, 11) is 0. The van der Waals surface area contributed by atoms with E-state index in [1.165, 1.54) is 0 Å². The van der Waals surface area contributed by atoms with Crippen LogP contribution in [0.2, 0.25) is 0 Å². The van der Waals surface area contributed by atoms with Gasteiger partial charge in [-0.3, -0.25) is 19.3 Å². The zero-order chi connectivity index (χ0) is 19.7. The van der Waals surface area contributed by atoms with E-state index in [9.17, 15) is 19.2 Å². The molecular formula is C21H18N2O5. The molecule has 2 aromatic rings. The van der Waals surface area contributed by atoms with E-state index in [4.69, 9.17) is 4.74 Å². The first-order valence-corrected chi connectivity index (χ1v) is 9.09. The molecule has 1 saturated heterocycles. The number of imide groups is 1. The van der Waals surface area contributed by atoms with Crippen molar-refractivity contribution in [1.29, 1.82) is 0 Å². The topological polar surface area (TPSA) is 84.0 Å². The second-order valence-electron chi connectivity index (χ2n) is 6.61. The van der Waals surface area contributed by atoms with E-state index in [1.54, 1.807) is 53.4 Å². The van der Waals surface area contributed by atoms with Crippen LogP contribution in [0.15, 0.2) is 48.5 Å². The molecule has 4 rings (SSSR count). The Hall–Kier alpha value is -3.48. The Balaban J connectivity index is 1.42. The molecule has 0 unspecified atom stereocenters. The number of carbonyl (C=O) groups is 4. The van der Waals surface area contributed by atoms with Crippen LogP contribution in [0.1, 0.15) is 43.9 Å². The Morgan fingerprint density at radius 1 is 0.929 bits per heavy atom. The molecule has 0 aromatic heterocycles. The predicted octanol–water partition coefficient (Wildman–Crippen LogP) is 2.27. The minimum absolute atomic E-state index is 0.0220. The van der Waals surface area contributed by atoms with Crippen molar-refractivity contribution in [2.45, 2.75) is 12.8 Å². The molecule has 1 fully saturated rings.